The van der Waals surface area contributed by atoms with Crippen LogP contribution in [0.3, 0.4) is 0 Å². The Bertz CT molecular complexity index is 610. The van der Waals surface area contributed by atoms with Crippen LogP contribution >= 0.6 is 0 Å². The van der Waals surface area contributed by atoms with Crippen LogP contribution in [0.5, 0.6) is 11.5 Å². The first-order chi connectivity index (χ1) is 11.0. The molecular formula is C19H25NO3. The Morgan fingerprint density at radius 1 is 1.35 bits per heavy atom. The third-order valence-corrected chi connectivity index (χ3v) is 4.50. The number of hydrogen-bond donors (Lipinski definition) is 1. The Labute approximate surface area is 138 Å². The molecule has 1 saturated carbocycles. The molecule has 0 aromatic heterocycles. The molecule has 1 aliphatic carbocycles. The first kappa shape index (κ1) is 17.2. The van der Waals surface area contributed by atoms with Gasteiger partial charge in [-0.3, -0.25) is 4.79 Å². The van der Waals surface area contributed by atoms with E-state index in [2.05, 4.69) is 18.2 Å². The van der Waals surface area contributed by atoms with Gasteiger partial charge in [-0.05, 0) is 38.8 Å². The Balaban J connectivity index is 2.22. The van der Waals surface area contributed by atoms with Gasteiger partial charge in [0, 0.05) is 16.7 Å². The third-order valence-electron chi connectivity index (χ3n) is 4.50. The predicted molar refractivity (Wildman–Crippen MR) is 91.0 cm³/mol. The molecule has 124 valence electrons. The minimum absolute atomic E-state index is 0.0614. The topological polar surface area (TPSA) is 47.6 Å². The Morgan fingerprint density at radius 2 is 2.04 bits per heavy atom. The lowest BCUT2D eigenvalue weighted by Crippen LogP contribution is -2.47. The molecule has 4 nitrogen and oxygen atoms in total. The van der Waals surface area contributed by atoms with Crippen molar-refractivity contribution in [1.29, 1.82) is 0 Å². The molecule has 0 saturated heterocycles. The monoisotopic (exact) mass is 315 g/mol. The van der Waals surface area contributed by atoms with E-state index < -0.39 is 0 Å². The van der Waals surface area contributed by atoms with Crippen LogP contribution in [0.2, 0.25) is 0 Å². The van der Waals surface area contributed by atoms with Crippen molar-refractivity contribution < 1.29 is 14.3 Å². The maximum Gasteiger partial charge on any atom is 0.252 e. The second-order valence-corrected chi connectivity index (χ2v) is 6.34. The average molecular weight is 315 g/mol. The Morgan fingerprint density at radius 3 is 2.65 bits per heavy atom. The van der Waals surface area contributed by atoms with Gasteiger partial charge in [0.1, 0.15) is 6.61 Å². The highest BCUT2D eigenvalue weighted by molar-refractivity contribution is 5.97. The number of nitrogens with one attached hydrogen (secondary N) is 1. The SMILES string of the molecule is C#CCOc1ccc(C(=O)NC2(C)CCCCC2)c(C)c1OC. The molecule has 1 N–H and O–H groups in total. The summed E-state index contributed by atoms with van der Waals surface area (Å²) in [6.45, 7) is 4.15. The van der Waals surface area contributed by atoms with Crippen LogP contribution in [0.1, 0.15) is 54.9 Å². The highest BCUT2D eigenvalue weighted by atomic mass is 16.5. The van der Waals surface area contributed by atoms with Crippen molar-refractivity contribution in [1.82, 2.24) is 5.32 Å². The van der Waals surface area contributed by atoms with E-state index in [1.165, 1.54) is 6.42 Å². The zero-order valence-corrected chi connectivity index (χ0v) is 14.2. The molecule has 1 aliphatic rings. The van der Waals surface area contributed by atoms with Crippen LogP contribution in [0.4, 0.5) is 0 Å². The van der Waals surface area contributed by atoms with Gasteiger partial charge in [0.15, 0.2) is 11.5 Å². The highest BCUT2D eigenvalue weighted by Gasteiger charge is 2.29. The van der Waals surface area contributed by atoms with Gasteiger partial charge in [-0.25, -0.2) is 0 Å². The first-order valence-corrected chi connectivity index (χ1v) is 8.07. The fourth-order valence-corrected chi connectivity index (χ4v) is 3.20. The van der Waals surface area contributed by atoms with Crippen LogP contribution < -0.4 is 14.8 Å². The number of methoxy groups -OCH3 is 1. The maximum absolute atomic E-state index is 12.7. The van der Waals surface area contributed by atoms with Crippen molar-refractivity contribution in [2.75, 3.05) is 13.7 Å². The van der Waals surface area contributed by atoms with Crippen molar-refractivity contribution in [3.8, 4) is 23.8 Å². The molecule has 0 heterocycles. The van der Waals surface area contributed by atoms with Gasteiger partial charge in [0.05, 0.1) is 7.11 Å². The number of ether oxygens (including phenoxy) is 2. The summed E-state index contributed by atoms with van der Waals surface area (Å²) in [6, 6.07) is 3.51. The van der Waals surface area contributed by atoms with E-state index in [1.807, 2.05) is 6.92 Å². The maximum atomic E-state index is 12.7. The lowest BCUT2D eigenvalue weighted by Gasteiger charge is -2.34. The standard InChI is InChI=1S/C19H25NO3/c1-5-13-23-16-10-9-15(14(2)17(16)22-4)18(21)20-19(3)11-7-6-8-12-19/h1,9-10H,6-8,11-13H2,2-4H3,(H,20,21). The molecular weight excluding hydrogens is 290 g/mol. The summed E-state index contributed by atoms with van der Waals surface area (Å²) in [5.41, 5.74) is 1.26. The quantitative estimate of drug-likeness (QED) is 0.846. The Hall–Kier alpha value is -2.15. The van der Waals surface area contributed by atoms with Crippen LogP contribution in [-0.4, -0.2) is 25.2 Å². The molecule has 0 unspecified atom stereocenters. The van der Waals surface area contributed by atoms with Gasteiger partial charge in [-0.2, -0.15) is 0 Å². The number of rotatable bonds is 5. The lowest BCUT2D eigenvalue weighted by molar-refractivity contribution is 0.0881. The molecule has 2 rings (SSSR count). The molecule has 1 fully saturated rings. The van der Waals surface area contributed by atoms with Crippen LogP contribution in [0.15, 0.2) is 12.1 Å². The van der Waals surface area contributed by atoms with E-state index in [4.69, 9.17) is 15.9 Å². The van der Waals surface area contributed by atoms with Gasteiger partial charge in [0.25, 0.3) is 5.91 Å². The second-order valence-electron chi connectivity index (χ2n) is 6.34. The normalized spacial score (nSPS) is 16.3. The fraction of sp³-hybridized carbons (Fsp3) is 0.526. The van der Waals surface area contributed by atoms with Gasteiger partial charge < -0.3 is 14.8 Å². The van der Waals surface area contributed by atoms with E-state index in [-0.39, 0.29) is 18.1 Å². The van der Waals surface area contributed by atoms with Crippen molar-refractivity contribution in [3.63, 3.8) is 0 Å². The molecule has 0 bridgehead atoms. The molecule has 1 aromatic rings. The zero-order valence-electron chi connectivity index (χ0n) is 14.2. The van der Waals surface area contributed by atoms with Crippen molar-refractivity contribution in [2.24, 2.45) is 0 Å². The van der Waals surface area contributed by atoms with Crippen molar-refractivity contribution in [2.45, 2.75) is 51.5 Å². The number of benzene rings is 1. The summed E-state index contributed by atoms with van der Waals surface area (Å²) >= 11 is 0. The predicted octanol–water partition coefficient (Wildman–Crippen LogP) is 3.47. The average Bonchev–Trinajstić information content (AvgIpc) is 2.53. The summed E-state index contributed by atoms with van der Waals surface area (Å²) in [4.78, 5) is 12.7. The highest BCUT2D eigenvalue weighted by Crippen LogP contribution is 2.34. The van der Waals surface area contributed by atoms with Crippen molar-refractivity contribution >= 4 is 5.91 Å². The molecule has 23 heavy (non-hydrogen) atoms. The number of amides is 1. The van der Waals surface area contributed by atoms with Gasteiger partial charge in [-0.15, -0.1) is 6.42 Å². The number of carbonyl (C=O) groups excluding carboxylic acids is 1. The van der Waals surface area contributed by atoms with E-state index in [0.717, 1.165) is 31.2 Å². The van der Waals surface area contributed by atoms with E-state index >= 15 is 0 Å². The van der Waals surface area contributed by atoms with Crippen LogP contribution in [0, 0.1) is 19.3 Å². The lowest BCUT2D eigenvalue weighted by atomic mass is 9.83. The number of carbonyl (C=O) groups is 1. The van der Waals surface area contributed by atoms with Crippen molar-refractivity contribution in [3.05, 3.63) is 23.3 Å². The van der Waals surface area contributed by atoms with Gasteiger partial charge >= 0.3 is 0 Å². The number of terminal acetylenes is 1. The first-order valence-electron chi connectivity index (χ1n) is 8.07. The number of hydrogen-bond acceptors (Lipinski definition) is 3. The third kappa shape index (κ3) is 3.98. The minimum atomic E-state index is -0.117. The molecule has 0 aliphatic heterocycles. The summed E-state index contributed by atoms with van der Waals surface area (Å²) in [7, 11) is 1.56. The summed E-state index contributed by atoms with van der Waals surface area (Å²) in [6.07, 6.45) is 10.9. The van der Waals surface area contributed by atoms with Crippen LogP contribution in [0.25, 0.3) is 0 Å². The largest absolute Gasteiger partial charge is 0.493 e. The molecule has 1 aromatic carbocycles. The van der Waals surface area contributed by atoms with Gasteiger partial charge in [0.2, 0.25) is 0 Å². The van der Waals surface area contributed by atoms with Crippen LogP contribution in [-0.2, 0) is 0 Å². The second kappa shape index (κ2) is 7.41. The zero-order chi connectivity index (χ0) is 16.9. The fourth-order valence-electron chi connectivity index (χ4n) is 3.20. The van der Waals surface area contributed by atoms with E-state index in [0.29, 0.717) is 17.1 Å². The molecule has 0 radical (unpaired) electrons. The molecule has 1 amide bonds. The molecule has 0 spiro atoms. The van der Waals surface area contributed by atoms with E-state index in [1.54, 1.807) is 19.2 Å². The Kier molecular flexibility index (Phi) is 5.54. The summed E-state index contributed by atoms with van der Waals surface area (Å²) in [5, 5.41) is 3.20. The minimum Gasteiger partial charge on any atom is -0.493 e. The summed E-state index contributed by atoms with van der Waals surface area (Å²) < 4.78 is 10.9. The molecule has 4 heteroatoms. The van der Waals surface area contributed by atoms with Gasteiger partial charge in [-0.1, -0.05) is 25.2 Å². The smallest absolute Gasteiger partial charge is 0.252 e. The summed E-state index contributed by atoms with van der Waals surface area (Å²) in [5.74, 6) is 3.48. The van der Waals surface area contributed by atoms with E-state index in [9.17, 15) is 4.79 Å². The molecule has 0 atom stereocenters.